The molecule has 0 bridgehead atoms. The van der Waals surface area contributed by atoms with Crippen molar-refractivity contribution in [3.63, 3.8) is 0 Å². The third-order valence-electron chi connectivity index (χ3n) is 5.36. The summed E-state index contributed by atoms with van der Waals surface area (Å²) in [5.74, 6) is 0.581. The van der Waals surface area contributed by atoms with E-state index in [0.717, 1.165) is 38.6 Å². The van der Waals surface area contributed by atoms with Gasteiger partial charge in [0.1, 0.15) is 5.75 Å². The summed E-state index contributed by atoms with van der Waals surface area (Å²) in [5, 5.41) is 3.59. The van der Waals surface area contributed by atoms with E-state index in [-0.39, 0.29) is 5.91 Å². The predicted molar refractivity (Wildman–Crippen MR) is 138 cm³/mol. The number of carbonyl (C=O) groups is 1. The van der Waals surface area contributed by atoms with Crippen molar-refractivity contribution >= 4 is 35.0 Å². The van der Waals surface area contributed by atoms with E-state index in [1.54, 1.807) is 37.2 Å². The first kappa shape index (κ1) is 22.9. The Labute approximate surface area is 203 Å². The lowest BCUT2D eigenvalue weighted by Gasteiger charge is -2.14. The van der Waals surface area contributed by atoms with Crippen LogP contribution in [0.1, 0.15) is 15.9 Å². The highest BCUT2D eigenvalue weighted by atomic mass is 35.5. The molecule has 0 unspecified atom stereocenters. The van der Waals surface area contributed by atoms with E-state index in [1.165, 1.54) is 0 Å². The Kier molecular flexibility index (Phi) is 7.02. The molecule has 1 heterocycles. The molecule has 6 heteroatoms. The molecule has 0 aliphatic rings. The largest absolute Gasteiger partial charge is 0.496 e. The molecular weight excluding hydrogens is 452 g/mol. The lowest BCUT2D eigenvalue weighted by Crippen LogP contribution is -2.13. The quantitative estimate of drug-likeness (QED) is 0.296. The molecule has 0 radical (unpaired) electrons. The van der Waals surface area contributed by atoms with E-state index in [0.29, 0.717) is 16.3 Å². The summed E-state index contributed by atoms with van der Waals surface area (Å²) in [6.07, 6.45) is 3.73. The van der Waals surface area contributed by atoms with Crippen LogP contribution >= 0.6 is 23.4 Å². The minimum Gasteiger partial charge on any atom is -0.496 e. The van der Waals surface area contributed by atoms with Crippen LogP contribution in [0.5, 0.6) is 5.75 Å². The molecule has 0 atom stereocenters. The van der Waals surface area contributed by atoms with Gasteiger partial charge in [0.2, 0.25) is 0 Å². The maximum absolute atomic E-state index is 13.4. The molecule has 0 aliphatic heterocycles. The van der Waals surface area contributed by atoms with E-state index in [2.05, 4.69) is 10.3 Å². The fourth-order valence-corrected chi connectivity index (χ4v) is 4.25. The number of hydrogen-bond acceptors (Lipinski definition) is 4. The highest BCUT2D eigenvalue weighted by Gasteiger charge is 2.16. The van der Waals surface area contributed by atoms with Crippen LogP contribution < -0.4 is 10.1 Å². The maximum Gasteiger partial charge on any atom is 0.256 e. The third-order valence-corrected chi connectivity index (χ3v) is 6.41. The minimum absolute atomic E-state index is 0.202. The highest BCUT2D eigenvalue weighted by molar-refractivity contribution is 7.98. The number of amides is 1. The van der Waals surface area contributed by atoms with Crippen molar-refractivity contribution in [3.8, 4) is 28.1 Å². The first-order chi connectivity index (χ1) is 16.0. The Morgan fingerprint density at radius 3 is 2.58 bits per heavy atom. The normalized spacial score (nSPS) is 10.7. The first-order valence-electron chi connectivity index (χ1n) is 10.4. The number of hydrogen-bond donors (Lipinski definition) is 1. The summed E-state index contributed by atoms with van der Waals surface area (Å²) in [4.78, 5) is 18.8. The van der Waals surface area contributed by atoms with Crippen molar-refractivity contribution in [2.24, 2.45) is 0 Å². The smallest absolute Gasteiger partial charge is 0.256 e. The van der Waals surface area contributed by atoms with E-state index >= 15 is 0 Å². The van der Waals surface area contributed by atoms with Crippen LogP contribution in [-0.2, 0) is 0 Å². The van der Waals surface area contributed by atoms with Gasteiger partial charge in [-0.1, -0.05) is 29.8 Å². The number of thioether (sulfide) groups is 1. The standard InChI is InChI=1S/C27H23ClN2O2S/c1-17-7-8-18(14-26(17)32-2)22-16-20(33-3)10-11-21(22)27(31)30-19-9-12-24(28)23(15-19)25-6-4-5-13-29-25/h4-16H,1-3H3,(H,30,31). The molecule has 0 fully saturated rings. The van der Waals surface area contributed by atoms with E-state index in [4.69, 9.17) is 16.3 Å². The zero-order valence-electron chi connectivity index (χ0n) is 18.6. The highest BCUT2D eigenvalue weighted by Crippen LogP contribution is 2.33. The van der Waals surface area contributed by atoms with Gasteiger partial charge in [0.15, 0.2) is 0 Å². The number of aryl methyl sites for hydroxylation is 1. The van der Waals surface area contributed by atoms with Crippen molar-refractivity contribution in [2.75, 3.05) is 18.7 Å². The summed E-state index contributed by atoms with van der Waals surface area (Å²) in [5.41, 5.74) is 5.53. The number of anilines is 1. The summed E-state index contributed by atoms with van der Waals surface area (Å²) in [6, 6.07) is 22.9. The topological polar surface area (TPSA) is 51.2 Å². The Bertz CT molecular complexity index is 1310. The number of rotatable bonds is 6. The predicted octanol–water partition coefficient (Wildman–Crippen LogP) is 7.36. The Morgan fingerprint density at radius 1 is 1.00 bits per heavy atom. The maximum atomic E-state index is 13.4. The van der Waals surface area contributed by atoms with Crippen molar-refractivity contribution in [3.05, 3.63) is 95.1 Å². The van der Waals surface area contributed by atoms with Crippen LogP contribution in [0.3, 0.4) is 0 Å². The van der Waals surface area contributed by atoms with Gasteiger partial charge in [-0.3, -0.25) is 9.78 Å². The van der Waals surface area contributed by atoms with Crippen LogP contribution in [0.25, 0.3) is 22.4 Å². The number of aromatic nitrogens is 1. The first-order valence-corrected chi connectivity index (χ1v) is 12.0. The molecule has 4 nitrogen and oxygen atoms in total. The average molecular weight is 475 g/mol. The molecule has 4 aromatic rings. The second-order valence-electron chi connectivity index (χ2n) is 7.46. The van der Waals surface area contributed by atoms with Crippen LogP contribution in [-0.4, -0.2) is 24.3 Å². The third kappa shape index (κ3) is 5.05. The van der Waals surface area contributed by atoms with Crippen LogP contribution in [0, 0.1) is 6.92 Å². The molecule has 166 valence electrons. The molecule has 0 spiro atoms. The number of pyridine rings is 1. The van der Waals surface area contributed by atoms with Gasteiger partial charge in [-0.2, -0.15) is 0 Å². The Hall–Kier alpha value is -3.28. The summed E-state index contributed by atoms with van der Waals surface area (Å²) in [6.45, 7) is 1.99. The lowest BCUT2D eigenvalue weighted by atomic mass is 9.97. The van der Waals surface area contributed by atoms with Gasteiger partial charge in [0.05, 0.1) is 17.8 Å². The van der Waals surface area contributed by atoms with Crippen molar-refractivity contribution in [2.45, 2.75) is 11.8 Å². The van der Waals surface area contributed by atoms with Crippen molar-refractivity contribution in [1.29, 1.82) is 0 Å². The monoisotopic (exact) mass is 474 g/mol. The van der Waals surface area contributed by atoms with Crippen molar-refractivity contribution < 1.29 is 9.53 Å². The van der Waals surface area contributed by atoms with Crippen LogP contribution in [0.15, 0.2) is 83.9 Å². The van der Waals surface area contributed by atoms with Crippen LogP contribution in [0.2, 0.25) is 5.02 Å². The molecular formula is C27H23ClN2O2S. The SMILES string of the molecule is COc1cc(-c2cc(SC)ccc2C(=O)Nc2ccc(Cl)c(-c3ccccn3)c2)ccc1C. The number of halogens is 1. The van der Waals surface area contributed by atoms with E-state index < -0.39 is 0 Å². The van der Waals surface area contributed by atoms with Gasteiger partial charge >= 0.3 is 0 Å². The Balaban J connectivity index is 1.71. The van der Waals surface area contributed by atoms with Gasteiger partial charge in [0, 0.05) is 27.9 Å². The Morgan fingerprint density at radius 2 is 1.85 bits per heavy atom. The number of carbonyl (C=O) groups excluding carboxylic acids is 1. The molecule has 0 saturated carbocycles. The number of benzene rings is 3. The second kappa shape index (κ2) is 10.1. The molecule has 0 aliphatic carbocycles. The zero-order valence-corrected chi connectivity index (χ0v) is 20.1. The van der Waals surface area contributed by atoms with Gasteiger partial charge in [-0.15, -0.1) is 11.8 Å². The van der Waals surface area contributed by atoms with Crippen molar-refractivity contribution in [1.82, 2.24) is 4.98 Å². The summed E-state index contributed by atoms with van der Waals surface area (Å²) < 4.78 is 5.50. The molecule has 1 aromatic heterocycles. The van der Waals surface area contributed by atoms with Gasteiger partial charge in [-0.05, 0) is 84.5 Å². The summed E-state index contributed by atoms with van der Waals surface area (Å²) >= 11 is 8.03. The average Bonchev–Trinajstić information content (AvgIpc) is 2.85. The fourth-order valence-electron chi connectivity index (χ4n) is 3.59. The zero-order chi connectivity index (χ0) is 23.4. The van der Waals surface area contributed by atoms with Crippen LogP contribution in [0.4, 0.5) is 5.69 Å². The van der Waals surface area contributed by atoms with Gasteiger partial charge < -0.3 is 10.1 Å². The molecule has 33 heavy (non-hydrogen) atoms. The second-order valence-corrected chi connectivity index (χ2v) is 8.75. The molecule has 1 N–H and O–H groups in total. The van der Waals surface area contributed by atoms with E-state index in [9.17, 15) is 4.79 Å². The molecule has 1 amide bonds. The van der Waals surface area contributed by atoms with E-state index in [1.807, 2.05) is 73.8 Å². The molecule has 4 rings (SSSR count). The lowest BCUT2D eigenvalue weighted by molar-refractivity contribution is 0.102. The molecule has 3 aromatic carbocycles. The minimum atomic E-state index is -0.202. The number of methoxy groups -OCH3 is 1. The molecule has 0 saturated heterocycles. The number of nitrogens with one attached hydrogen (secondary N) is 1. The number of nitrogens with zero attached hydrogens (tertiary/aromatic N) is 1. The number of ether oxygens (including phenoxy) is 1. The fraction of sp³-hybridized carbons (Fsp3) is 0.111. The van der Waals surface area contributed by atoms with Gasteiger partial charge in [-0.25, -0.2) is 0 Å². The summed E-state index contributed by atoms with van der Waals surface area (Å²) in [7, 11) is 1.65. The van der Waals surface area contributed by atoms with Gasteiger partial charge in [0.25, 0.3) is 5.91 Å².